The Morgan fingerprint density at radius 2 is 2.12 bits per heavy atom. The molecule has 0 atom stereocenters. The maximum atomic E-state index is 12.0. The summed E-state index contributed by atoms with van der Waals surface area (Å²) in [6, 6.07) is 7.48. The van der Waals surface area contributed by atoms with Crippen molar-refractivity contribution in [2.75, 3.05) is 20.1 Å². The Morgan fingerprint density at radius 1 is 1.31 bits per heavy atom. The second-order valence-electron chi connectivity index (χ2n) is 7.58. The number of carbonyl (C=O) groups excluding carboxylic acids is 1. The fraction of sp³-hybridized carbons (Fsp3) is 0.333. The molecule has 0 unspecified atom stereocenters. The highest BCUT2D eigenvalue weighted by atomic mass is 16.1. The third kappa shape index (κ3) is 3.95. The second-order valence-corrected chi connectivity index (χ2v) is 7.58. The van der Waals surface area contributed by atoms with Gasteiger partial charge in [-0.2, -0.15) is 20.6 Å². The summed E-state index contributed by atoms with van der Waals surface area (Å²) in [6.07, 6.45) is 1.74. The number of hydrogen-bond acceptors (Lipinski definition) is 7. The average Bonchev–Trinajstić information content (AvgIpc) is 3.49. The van der Waals surface area contributed by atoms with Crippen LogP contribution >= 0.6 is 0 Å². The van der Waals surface area contributed by atoms with Gasteiger partial charge >= 0.3 is 0 Å². The molecule has 4 aromatic rings. The van der Waals surface area contributed by atoms with E-state index in [0.29, 0.717) is 49.0 Å². The van der Waals surface area contributed by atoms with Crippen molar-refractivity contribution in [1.82, 2.24) is 39.6 Å². The summed E-state index contributed by atoms with van der Waals surface area (Å²) in [5.41, 5.74) is 9.09. The summed E-state index contributed by atoms with van der Waals surface area (Å²) in [5, 5.41) is 26.0. The predicted molar refractivity (Wildman–Crippen MR) is 118 cm³/mol. The molecule has 11 heteroatoms. The summed E-state index contributed by atoms with van der Waals surface area (Å²) < 4.78 is 3.64. The molecular weight excluding hydrogens is 408 g/mol. The molecule has 3 aromatic heterocycles. The highest BCUT2D eigenvalue weighted by Crippen LogP contribution is 2.29. The monoisotopic (exact) mass is 432 g/mol. The summed E-state index contributed by atoms with van der Waals surface area (Å²) >= 11 is 0. The number of primary amides is 1. The molecule has 0 radical (unpaired) electrons. The Labute approximate surface area is 184 Å². The normalized spacial score (nSPS) is 11.3. The van der Waals surface area contributed by atoms with Gasteiger partial charge in [-0.25, -0.2) is 4.98 Å². The van der Waals surface area contributed by atoms with Gasteiger partial charge in [0.2, 0.25) is 5.91 Å². The molecule has 164 valence electrons. The molecule has 32 heavy (non-hydrogen) atoms. The smallest absolute Gasteiger partial charge is 0.248 e. The number of nitriles is 1. The minimum Gasteiger partial charge on any atom is -0.366 e. The van der Waals surface area contributed by atoms with Gasteiger partial charge in [0.25, 0.3) is 0 Å². The van der Waals surface area contributed by atoms with Crippen molar-refractivity contribution in [1.29, 1.82) is 5.26 Å². The number of fused-ring (bicyclic) bond motifs is 1. The number of nitrogens with one attached hydrogen (secondary N) is 1. The summed E-state index contributed by atoms with van der Waals surface area (Å²) in [6.45, 7) is 6.14. The van der Waals surface area contributed by atoms with Crippen LogP contribution in [0.15, 0.2) is 24.4 Å². The Kier molecular flexibility index (Phi) is 5.70. The number of rotatable bonds is 8. The summed E-state index contributed by atoms with van der Waals surface area (Å²) in [4.78, 5) is 18.6. The van der Waals surface area contributed by atoms with Crippen molar-refractivity contribution in [3.8, 4) is 29.0 Å². The van der Waals surface area contributed by atoms with E-state index < -0.39 is 5.91 Å². The van der Waals surface area contributed by atoms with Gasteiger partial charge < -0.3 is 5.73 Å². The number of carbonyl (C=O) groups is 1. The minimum atomic E-state index is -0.540. The molecule has 0 spiro atoms. The molecule has 0 aliphatic rings. The van der Waals surface area contributed by atoms with Crippen LogP contribution in [-0.2, 0) is 13.1 Å². The molecule has 3 heterocycles. The van der Waals surface area contributed by atoms with E-state index in [4.69, 9.17) is 11.0 Å². The van der Waals surface area contributed by atoms with Crippen LogP contribution in [0.1, 0.15) is 23.0 Å². The van der Waals surface area contributed by atoms with Gasteiger partial charge in [0.05, 0.1) is 36.6 Å². The van der Waals surface area contributed by atoms with E-state index in [2.05, 4.69) is 31.4 Å². The van der Waals surface area contributed by atoms with E-state index in [1.165, 1.54) is 0 Å². The highest BCUT2D eigenvalue weighted by molar-refractivity contribution is 6.02. The zero-order chi connectivity index (χ0) is 22.8. The first kappa shape index (κ1) is 21.2. The lowest BCUT2D eigenvalue weighted by Gasteiger charge is -2.13. The molecule has 0 saturated heterocycles. The Balaban J connectivity index is 1.76. The van der Waals surface area contributed by atoms with Crippen LogP contribution in [0.5, 0.6) is 0 Å². The number of aromatic amines is 1. The molecule has 1 amide bonds. The van der Waals surface area contributed by atoms with Crippen molar-refractivity contribution >= 4 is 16.8 Å². The number of amides is 1. The van der Waals surface area contributed by atoms with Gasteiger partial charge in [-0.3, -0.25) is 24.2 Å². The van der Waals surface area contributed by atoms with Crippen LogP contribution in [0, 0.1) is 18.3 Å². The standard InChI is InChI=1S/C21H24N10O/c1-4-30-18(9-13(2)28-30)21-25-20(26-27-21)15-10-14(19(23)32)11-17-16(15)12-24-31(17)8-7-29(3)6-5-22/h9-12H,4,6-8H2,1-3H3,(H2,23,32)(H,25,26,27). The minimum absolute atomic E-state index is 0.325. The summed E-state index contributed by atoms with van der Waals surface area (Å²) in [7, 11) is 1.87. The molecule has 0 aliphatic heterocycles. The Morgan fingerprint density at radius 3 is 2.84 bits per heavy atom. The van der Waals surface area contributed by atoms with Crippen LogP contribution in [0.25, 0.3) is 33.8 Å². The second kappa shape index (κ2) is 8.60. The maximum absolute atomic E-state index is 12.0. The highest BCUT2D eigenvalue weighted by Gasteiger charge is 2.18. The molecule has 0 fully saturated rings. The van der Waals surface area contributed by atoms with E-state index >= 15 is 0 Å². The third-order valence-corrected chi connectivity index (χ3v) is 5.25. The number of aromatic nitrogens is 7. The lowest BCUT2D eigenvalue weighted by Crippen LogP contribution is -2.23. The number of nitrogens with two attached hydrogens (primary N) is 1. The molecule has 3 N–H and O–H groups in total. The van der Waals surface area contributed by atoms with E-state index in [-0.39, 0.29) is 0 Å². The lowest BCUT2D eigenvalue weighted by molar-refractivity contribution is 0.100. The van der Waals surface area contributed by atoms with Gasteiger partial charge in [-0.05, 0) is 39.1 Å². The van der Waals surface area contributed by atoms with Crippen LogP contribution in [0.2, 0.25) is 0 Å². The van der Waals surface area contributed by atoms with Crippen molar-refractivity contribution in [2.45, 2.75) is 26.9 Å². The SMILES string of the molecule is CCn1nc(C)cc1-c1n[nH]c(-c2cc(C(N)=O)cc3c2cnn3CCN(C)CC#N)n1. The fourth-order valence-electron chi connectivity index (χ4n) is 3.62. The zero-order valence-electron chi connectivity index (χ0n) is 18.2. The van der Waals surface area contributed by atoms with E-state index in [1.54, 1.807) is 23.0 Å². The predicted octanol–water partition coefficient (Wildman–Crippen LogP) is 1.57. The van der Waals surface area contributed by atoms with E-state index in [9.17, 15) is 4.79 Å². The topological polar surface area (TPSA) is 147 Å². The van der Waals surface area contributed by atoms with Gasteiger partial charge in [0.1, 0.15) is 5.69 Å². The first-order valence-corrected chi connectivity index (χ1v) is 10.2. The molecule has 0 aliphatic carbocycles. The molecule has 4 rings (SSSR count). The quantitative estimate of drug-likeness (QED) is 0.402. The average molecular weight is 432 g/mol. The maximum Gasteiger partial charge on any atom is 0.248 e. The number of benzene rings is 1. The first-order chi connectivity index (χ1) is 15.4. The van der Waals surface area contributed by atoms with Gasteiger partial charge in [-0.15, -0.1) is 0 Å². The third-order valence-electron chi connectivity index (χ3n) is 5.25. The molecule has 0 saturated carbocycles. The van der Waals surface area contributed by atoms with Crippen LogP contribution < -0.4 is 5.73 Å². The lowest BCUT2D eigenvalue weighted by atomic mass is 10.0. The van der Waals surface area contributed by atoms with Gasteiger partial charge in [0.15, 0.2) is 11.6 Å². The number of aryl methyl sites for hydroxylation is 2. The first-order valence-electron chi connectivity index (χ1n) is 10.2. The van der Waals surface area contributed by atoms with Gasteiger partial charge in [0, 0.05) is 29.6 Å². The van der Waals surface area contributed by atoms with E-state index in [1.807, 2.05) is 36.5 Å². The van der Waals surface area contributed by atoms with Crippen LogP contribution in [0.3, 0.4) is 0 Å². The number of H-pyrrole nitrogens is 1. The fourth-order valence-corrected chi connectivity index (χ4v) is 3.62. The van der Waals surface area contributed by atoms with Crippen molar-refractivity contribution in [3.05, 3.63) is 35.7 Å². The molecule has 11 nitrogen and oxygen atoms in total. The van der Waals surface area contributed by atoms with Crippen molar-refractivity contribution in [2.24, 2.45) is 5.73 Å². The van der Waals surface area contributed by atoms with Crippen LogP contribution in [0.4, 0.5) is 0 Å². The summed E-state index contributed by atoms with van der Waals surface area (Å²) in [5.74, 6) is 0.489. The molecule has 1 aromatic carbocycles. The zero-order valence-corrected chi connectivity index (χ0v) is 18.2. The largest absolute Gasteiger partial charge is 0.366 e. The number of hydrogen-bond donors (Lipinski definition) is 2. The number of nitrogens with zero attached hydrogens (tertiary/aromatic N) is 8. The molecular formula is C21H24N10O. The Bertz CT molecular complexity index is 1320. The van der Waals surface area contributed by atoms with Crippen molar-refractivity contribution < 1.29 is 4.79 Å². The van der Waals surface area contributed by atoms with Gasteiger partial charge in [-0.1, -0.05) is 0 Å². The van der Waals surface area contributed by atoms with Crippen molar-refractivity contribution in [3.63, 3.8) is 0 Å². The molecule has 0 bridgehead atoms. The van der Waals surface area contributed by atoms with E-state index in [0.717, 1.165) is 22.3 Å². The Hall–Kier alpha value is -4.04. The number of likely N-dealkylation sites (N-methyl/N-ethyl adjacent to an activating group) is 1. The van der Waals surface area contributed by atoms with Crippen LogP contribution in [-0.4, -0.2) is 65.7 Å².